The second-order valence-electron chi connectivity index (χ2n) is 7.27. The van der Waals surface area contributed by atoms with E-state index in [9.17, 15) is 14.4 Å². The topological polar surface area (TPSA) is 98.9 Å². The van der Waals surface area contributed by atoms with Crippen LogP contribution < -0.4 is 16.6 Å². The maximum absolute atomic E-state index is 12.8. The summed E-state index contributed by atoms with van der Waals surface area (Å²) in [5, 5.41) is 3.97. The fourth-order valence-corrected chi connectivity index (χ4v) is 3.93. The first kappa shape index (κ1) is 22.0. The lowest BCUT2D eigenvalue weighted by atomic mass is 10.2. The summed E-state index contributed by atoms with van der Waals surface area (Å²) >= 11 is 6.99. The Kier molecular flexibility index (Phi) is 6.62. The molecular formula is C20H22ClN5O3S. The summed E-state index contributed by atoms with van der Waals surface area (Å²) in [6, 6.07) is 6.78. The lowest BCUT2D eigenvalue weighted by Gasteiger charge is -2.15. The van der Waals surface area contributed by atoms with Crippen LogP contribution in [0.5, 0.6) is 0 Å². The van der Waals surface area contributed by atoms with Crippen molar-refractivity contribution in [2.24, 2.45) is 13.0 Å². The molecule has 0 bridgehead atoms. The standard InChI is InChI=1S/C20H22ClN5O3S/c1-11(2)9-26-17-16(19(28)25(4)20(26)29)18(23-12(3)22-17)30-10-15(27)24-14-7-5-13(21)6-8-14/h5-8,11H,9-10H2,1-4H3,(H,24,27). The number of aryl methyl sites for hydroxylation is 1. The minimum Gasteiger partial charge on any atom is -0.325 e. The van der Waals surface area contributed by atoms with Gasteiger partial charge in [-0.2, -0.15) is 0 Å². The van der Waals surface area contributed by atoms with Crippen molar-refractivity contribution in [1.29, 1.82) is 0 Å². The van der Waals surface area contributed by atoms with Gasteiger partial charge in [-0.25, -0.2) is 14.8 Å². The van der Waals surface area contributed by atoms with Gasteiger partial charge in [-0.05, 0) is 37.1 Å². The second kappa shape index (κ2) is 9.01. The van der Waals surface area contributed by atoms with Crippen molar-refractivity contribution in [2.75, 3.05) is 11.1 Å². The third-order valence-electron chi connectivity index (χ3n) is 4.28. The molecule has 2 aromatic heterocycles. The van der Waals surface area contributed by atoms with Gasteiger partial charge in [-0.15, -0.1) is 0 Å². The number of nitrogens with one attached hydrogen (secondary N) is 1. The van der Waals surface area contributed by atoms with Gasteiger partial charge in [0, 0.05) is 24.3 Å². The van der Waals surface area contributed by atoms with Gasteiger partial charge in [-0.3, -0.25) is 18.7 Å². The van der Waals surface area contributed by atoms with Crippen molar-refractivity contribution in [1.82, 2.24) is 19.1 Å². The number of anilines is 1. The van der Waals surface area contributed by atoms with Crippen LogP contribution in [0.25, 0.3) is 11.0 Å². The van der Waals surface area contributed by atoms with Crippen LogP contribution in [0.2, 0.25) is 5.02 Å². The van der Waals surface area contributed by atoms with E-state index in [1.165, 1.54) is 11.6 Å². The van der Waals surface area contributed by atoms with E-state index in [1.54, 1.807) is 31.2 Å². The number of halogens is 1. The van der Waals surface area contributed by atoms with Crippen molar-refractivity contribution in [3.63, 3.8) is 0 Å². The minimum atomic E-state index is -0.476. The third-order valence-corrected chi connectivity index (χ3v) is 5.50. The predicted molar refractivity (Wildman–Crippen MR) is 119 cm³/mol. The first-order valence-electron chi connectivity index (χ1n) is 9.33. The van der Waals surface area contributed by atoms with Gasteiger partial charge in [0.25, 0.3) is 5.56 Å². The van der Waals surface area contributed by atoms with Crippen LogP contribution in [-0.2, 0) is 18.4 Å². The number of hydrogen-bond donors (Lipinski definition) is 1. The first-order chi connectivity index (χ1) is 14.2. The van der Waals surface area contributed by atoms with Crippen molar-refractivity contribution >= 4 is 46.0 Å². The van der Waals surface area contributed by atoms with E-state index >= 15 is 0 Å². The van der Waals surface area contributed by atoms with Gasteiger partial charge in [0.15, 0.2) is 5.65 Å². The molecule has 10 heteroatoms. The summed E-state index contributed by atoms with van der Waals surface area (Å²) in [5.74, 6) is 0.396. The lowest BCUT2D eigenvalue weighted by molar-refractivity contribution is -0.113. The first-order valence-corrected chi connectivity index (χ1v) is 10.7. The maximum atomic E-state index is 12.8. The number of carbonyl (C=O) groups excluding carboxylic acids is 1. The molecule has 158 valence electrons. The Morgan fingerprint density at radius 3 is 2.50 bits per heavy atom. The Balaban J connectivity index is 1.96. The predicted octanol–water partition coefficient (Wildman–Crippen LogP) is 2.84. The number of nitrogens with zero attached hydrogens (tertiary/aromatic N) is 4. The molecule has 30 heavy (non-hydrogen) atoms. The highest BCUT2D eigenvalue weighted by Gasteiger charge is 2.19. The number of fused-ring (bicyclic) bond motifs is 1. The Bertz CT molecular complexity index is 1220. The molecule has 1 aromatic carbocycles. The summed E-state index contributed by atoms with van der Waals surface area (Å²) in [6.07, 6.45) is 0. The van der Waals surface area contributed by atoms with Crippen LogP contribution in [0.3, 0.4) is 0 Å². The van der Waals surface area contributed by atoms with E-state index in [-0.39, 0.29) is 23.0 Å². The van der Waals surface area contributed by atoms with Gasteiger partial charge < -0.3 is 5.32 Å². The van der Waals surface area contributed by atoms with Crippen molar-refractivity contribution in [3.05, 3.63) is 56.0 Å². The fourth-order valence-electron chi connectivity index (χ4n) is 2.94. The highest BCUT2D eigenvalue weighted by Crippen LogP contribution is 2.23. The normalized spacial score (nSPS) is 11.3. The molecule has 3 aromatic rings. The molecule has 0 fully saturated rings. The number of hydrogen-bond acceptors (Lipinski definition) is 6. The van der Waals surface area contributed by atoms with Gasteiger partial charge in [-0.1, -0.05) is 37.2 Å². The minimum absolute atomic E-state index is 0.0423. The fraction of sp³-hybridized carbons (Fsp3) is 0.350. The van der Waals surface area contributed by atoms with E-state index < -0.39 is 11.2 Å². The van der Waals surface area contributed by atoms with Crippen molar-refractivity contribution in [3.8, 4) is 0 Å². The zero-order valence-electron chi connectivity index (χ0n) is 17.1. The number of amides is 1. The largest absolute Gasteiger partial charge is 0.332 e. The molecule has 0 radical (unpaired) electrons. The second-order valence-corrected chi connectivity index (χ2v) is 8.67. The van der Waals surface area contributed by atoms with Gasteiger partial charge in [0.2, 0.25) is 5.91 Å². The average Bonchev–Trinajstić information content (AvgIpc) is 2.69. The Labute approximate surface area is 182 Å². The Morgan fingerprint density at radius 2 is 1.87 bits per heavy atom. The number of carbonyl (C=O) groups is 1. The third kappa shape index (κ3) is 4.73. The Hall–Kier alpha value is -2.65. The SMILES string of the molecule is Cc1nc(SCC(=O)Nc2ccc(Cl)cc2)c2c(=O)n(C)c(=O)n(CC(C)C)c2n1. The average molecular weight is 448 g/mol. The van der Waals surface area contributed by atoms with Crippen molar-refractivity contribution in [2.45, 2.75) is 32.3 Å². The maximum Gasteiger partial charge on any atom is 0.332 e. The van der Waals surface area contributed by atoms with E-state index in [4.69, 9.17) is 11.6 Å². The summed E-state index contributed by atoms with van der Waals surface area (Å²) < 4.78 is 2.55. The molecule has 0 unspecified atom stereocenters. The number of benzene rings is 1. The zero-order chi connectivity index (χ0) is 22.0. The molecular weight excluding hydrogens is 426 g/mol. The molecule has 1 N–H and O–H groups in total. The van der Waals surface area contributed by atoms with Crippen LogP contribution in [-0.4, -0.2) is 30.8 Å². The smallest absolute Gasteiger partial charge is 0.325 e. The molecule has 8 nitrogen and oxygen atoms in total. The van der Waals surface area contributed by atoms with E-state index in [0.29, 0.717) is 33.8 Å². The monoisotopic (exact) mass is 447 g/mol. The zero-order valence-corrected chi connectivity index (χ0v) is 18.7. The molecule has 2 heterocycles. The van der Waals surface area contributed by atoms with Gasteiger partial charge >= 0.3 is 5.69 Å². The highest BCUT2D eigenvalue weighted by atomic mass is 35.5. The van der Waals surface area contributed by atoms with E-state index in [0.717, 1.165) is 16.3 Å². The molecule has 3 rings (SSSR count). The van der Waals surface area contributed by atoms with Crippen LogP contribution in [0.4, 0.5) is 5.69 Å². The summed E-state index contributed by atoms with van der Waals surface area (Å²) in [5.41, 5.74) is 0.0201. The van der Waals surface area contributed by atoms with Gasteiger partial charge in [0.05, 0.1) is 5.75 Å². The Morgan fingerprint density at radius 1 is 1.20 bits per heavy atom. The number of thioether (sulfide) groups is 1. The highest BCUT2D eigenvalue weighted by molar-refractivity contribution is 8.00. The summed E-state index contributed by atoms with van der Waals surface area (Å²) in [6.45, 7) is 6.07. The molecule has 0 saturated heterocycles. The summed E-state index contributed by atoms with van der Waals surface area (Å²) in [7, 11) is 1.43. The summed E-state index contributed by atoms with van der Waals surface area (Å²) in [4.78, 5) is 46.6. The van der Waals surface area contributed by atoms with E-state index in [1.807, 2.05) is 13.8 Å². The molecule has 0 spiro atoms. The van der Waals surface area contributed by atoms with Crippen LogP contribution >= 0.6 is 23.4 Å². The molecule has 0 atom stereocenters. The van der Waals surface area contributed by atoms with Crippen molar-refractivity contribution < 1.29 is 4.79 Å². The van der Waals surface area contributed by atoms with Crippen LogP contribution in [0.15, 0.2) is 38.9 Å². The van der Waals surface area contributed by atoms with Crippen LogP contribution in [0, 0.1) is 12.8 Å². The lowest BCUT2D eigenvalue weighted by Crippen LogP contribution is -2.39. The molecule has 0 aliphatic heterocycles. The number of rotatable bonds is 6. The quantitative estimate of drug-likeness (QED) is 0.460. The van der Waals surface area contributed by atoms with E-state index in [2.05, 4.69) is 15.3 Å². The molecule has 1 amide bonds. The molecule has 0 saturated carbocycles. The molecule has 0 aliphatic rings. The number of aromatic nitrogens is 4. The van der Waals surface area contributed by atoms with Gasteiger partial charge in [0.1, 0.15) is 16.2 Å². The van der Waals surface area contributed by atoms with Crippen LogP contribution in [0.1, 0.15) is 19.7 Å². The molecule has 0 aliphatic carbocycles.